The first-order chi connectivity index (χ1) is 9.06. The number of aryl methyl sites for hydroxylation is 1. The zero-order valence-corrected chi connectivity index (χ0v) is 10.6. The molecule has 0 atom stereocenters. The summed E-state index contributed by atoms with van der Waals surface area (Å²) in [4.78, 5) is 17.5. The van der Waals surface area contributed by atoms with Gasteiger partial charge in [-0.25, -0.2) is 9.66 Å². The van der Waals surface area contributed by atoms with Crippen LogP contribution in [0.3, 0.4) is 0 Å². The van der Waals surface area contributed by atoms with Crippen LogP contribution in [0.15, 0.2) is 24.4 Å². The number of hydrogen-bond acceptors (Lipinski definition) is 4. The molecule has 0 radical (unpaired) electrons. The van der Waals surface area contributed by atoms with E-state index in [1.807, 2.05) is 18.2 Å². The first-order valence-electron chi connectivity index (χ1n) is 6.06. The molecule has 0 unspecified atom stereocenters. The van der Waals surface area contributed by atoms with E-state index in [2.05, 4.69) is 4.98 Å². The summed E-state index contributed by atoms with van der Waals surface area (Å²) in [5.41, 5.74) is 9.43. The maximum absolute atomic E-state index is 11.6. The largest absolute Gasteiger partial charge is 0.368 e. The van der Waals surface area contributed by atoms with Gasteiger partial charge in [0.05, 0.1) is 11.9 Å². The topological polar surface area (TPSA) is 90.2 Å². The molecule has 1 aromatic carbocycles. The summed E-state index contributed by atoms with van der Waals surface area (Å²) >= 11 is 0. The first-order valence-corrected chi connectivity index (χ1v) is 6.06. The van der Waals surface area contributed by atoms with Crippen LogP contribution in [0.25, 0.3) is 11.3 Å². The molecule has 0 spiro atoms. The number of anilines is 2. The molecule has 0 aliphatic carbocycles. The minimum absolute atomic E-state index is 0.149. The molecule has 0 saturated heterocycles. The highest BCUT2D eigenvalue weighted by Gasteiger charge is 2.21. The van der Waals surface area contributed by atoms with Crippen LogP contribution < -0.4 is 16.5 Å². The summed E-state index contributed by atoms with van der Waals surface area (Å²) in [5.74, 6) is 6.06. The van der Waals surface area contributed by atoms with Crippen LogP contribution in [0, 0.1) is 0 Å². The lowest BCUT2D eigenvalue weighted by atomic mass is 9.98. The molecule has 98 valence electrons. The van der Waals surface area contributed by atoms with Crippen molar-refractivity contribution in [3.8, 4) is 11.3 Å². The van der Waals surface area contributed by atoms with Crippen molar-refractivity contribution in [2.24, 2.45) is 0 Å². The Morgan fingerprint density at radius 1 is 1.32 bits per heavy atom. The Balaban J connectivity index is 2.04. The maximum atomic E-state index is 11.6. The predicted molar refractivity (Wildman–Crippen MR) is 74.0 cm³/mol. The third kappa shape index (κ3) is 1.81. The van der Waals surface area contributed by atoms with Crippen molar-refractivity contribution in [2.45, 2.75) is 12.8 Å². The second-order valence-electron chi connectivity index (χ2n) is 4.69. The zero-order chi connectivity index (χ0) is 13.6. The molecular formula is C13H15N5O. The number of fused-ring (bicyclic) bond motifs is 1. The van der Waals surface area contributed by atoms with Gasteiger partial charge in [0.2, 0.25) is 11.9 Å². The number of carbonyl (C=O) groups excluding carboxylic acids is 1. The lowest BCUT2D eigenvalue weighted by molar-refractivity contribution is -0.118. The quantitative estimate of drug-likeness (QED) is 0.738. The van der Waals surface area contributed by atoms with E-state index in [1.165, 1.54) is 4.68 Å². The van der Waals surface area contributed by atoms with Gasteiger partial charge >= 0.3 is 0 Å². The van der Waals surface area contributed by atoms with E-state index in [4.69, 9.17) is 11.6 Å². The van der Waals surface area contributed by atoms with Crippen LogP contribution in [0.4, 0.5) is 11.6 Å². The van der Waals surface area contributed by atoms with E-state index < -0.39 is 0 Å². The van der Waals surface area contributed by atoms with Crippen molar-refractivity contribution < 1.29 is 4.79 Å². The normalized spacial score (nSPS) is 14.6. The highest BCUT2D eigenvalue weighted by atomic mass is 16.2. The van der Waals surface area contributed by atoms with E-state index in [0.29, 0.717) is 6.42 Å². The fraction of sp³-hybridized carbons (Fsp3) is 0.231. The second kappa shape index (κ2) is 4.01. The van der Waals surface area contributed by atoms with Gasteiger partial charge in [0, 0.05) is 24.7 Å². The van der Waals surface area contributed by atoms with E-state index in [-0.39, 0.29) is 11.9 Å². The fourth-order valence-electron chi connectivity index (χ4n) is 2.36. The number of benzene rings is 1. The van der Waals surface area contributed by atoms with E-state index in [0.717, 1.165) is 28.9 Å². The van der Waals surface area contributed by atoms with Gasteiger partial charge in [-0.05, 0) is 24.1 Å². The standard InChI is InChI=1S/C13H15N5O/c1-17-11-4-2-8(6-9(11)3-5-12(17)19)10-7-18(15)13(14)16-10/h2,4,6-7H,3,5,15H2,1H3,(H2,14,16). The molecule has 0 saturated carbocycles. The van der Waals surface area contributed by atoms with Gasteiger partial charge in [-0.15, -0.1) is 0 Å². The van der Waals surface area contributed by atoms with Gasteiger partial charge in [-0.3, -0.25) is 4.79 Å². The predicted octanol–water partition coefficient (Wildman–Crippen LogP) is 0.755. The third-order valence-corrected chi connectivity index (χ3v) is 3.48. The second-order valence-corrected chi connectivity index (χ2v) is 4.69. The molecule has 2 aromatic rings. The number of amides is 1. The minimum atomic E-state index is 0.149. The van der Waals surface area contributed by atoms with E-state index in [1.54, 1.807) is 18.1 Å². The van der Waals surface area contributed by atoms with Gasteiger partial charge in [-0.1, -0.05) is 6.07 Å². The number of aromatic nitrogens is 2. The minimum Gasteiger partial charge on any atom is -0.368 e. The molecule has 6 heteroatoms. The Labute approximate surface area is 110 Å². The summed E-state index contributed by atoms with van der Waals surface area (Å²) in [6, 6.07) is 5.91. The summed E-state index contributed by atoms with van der Waals surface area (Å²) in [7, 11) is 1.80. The van der Waals surface area contributed by atoms with Crippen LogP contribution in [0.2, 0.25) is 0 Å². The molecule has 1 aromatic heterocycles. The Hall–Kier alpha value is -2.50. The van der Waals surface area contributed by atoms with Crippen molar-refractivity contribution in [1.82, 2.24) is 9.66 Å². The average Bonchev–Trinajstić information content (AvgIpc) is 2.74. The van der Waals surface area contributed by atoms with Gasteiger partial charge in [-0.2, -0.15) is 0 Å². The molecular weight excluding hydrogens is 242 g/mol. The number of hydrogen-bond donors (Lipinski definition) is 2. The Kier molecular flexibility index (Phi) is 2.45. The Morgan fingerprint density at radius 3 is 2.79 bits per heavy atom. The van der Waals surface area contributed by atoms with Crippen LogP contribution in [-0.2, 0) is 11.2 Å². The number of nitrogen functional groups attached to an aromatic ring is 2. The van der Waals surface area contributed by atoms with Crippen LogP contribution in [-0.4, -0.2) is 22.6 Å². The van der Waals surface area contributed by atoms with Gasteiger partial charge in [0.1, 0.15) is 0 Å². The molecule has 0 fully saturated rings. The first kappa shape index (κ1) is 11.6. The summed E-state index contributed by atoms with van der Waals surface area (Å²) < 4.78 is 1.30. The van der Waals surface area contributed by atoms with E-state index >= 15 is 0 Å². The van der Waals surface area contributed by atoms with Crippen molar-refractivity contribution >= 4 is 17.5 Å². The van der Waals surface area contributed by atoms with Crippen molar-refractivity contribution in [1.29, 1.82) is 0 Å². The Bertz CT molecular complexity index is 642. The molecule has 2 heterocycles. The average molecular weight is 257 g/mol. The number of rotatable bonds is 1. The van der Waals surface area contributed by atoms with Crippen LogP contribution >= 0.6 is 0 Å². The van der Waals surface area contributed by atoms with Gasteiger partial charge in [0.15, 0.2) is 0 Å². The Morgan fingerprint density at radius 2 is 2.11 bits per heavy atom. The molecule has 4 N–H and O–H groups in total. The third-order valence-electron chi connectivity index (χ3n) is 3.48. The van der Waals surface area contributed by atoms with Crippen molar-refractivity contribution in [2.75, 3.05) is 23.5 Å². The molecule has 3 rings (SSSR count). The lowest BCUT2D eigenvalue weighted by Gasteiger charge is -2.25. The molecule has 1 amide bonds. The maximum Gasteiger partial charge on any atom is 0.227 e. The van der Waals surface area contributed by atoms with Gasteiger partial charge in [0.25, 0.3) is 0 Å². The summed E-state index contributed by atoms with van der Waals surface area (Å²) in [6.45, 7) is 0. The molecule has 1 aliphatic heterocycles. The smallest absolute Gasteiger partial charge is 0.227 e. The van der Waals surface area contributed by atoms with Gasteiger partial charge < -0.3 is 16.5 Å². The SMILES string of the molecule is CN1C(=O)CCc2cc(-c3cn(N)c(N)n3)ccc21. The number of nitrogens with zero attached hydrogens (tertiary/aromatic N) is 3. The van der Waals surface area contributed by atoms with Crippen LogP contribution in [0.1, 0.15) is 12.0 Å². The molecule has 19 heavy (non-hydrogen) atoms. The van der Waals surface area contributed by atoms with Crippen molar-refractivity contribution in [3.05, 3.63) is 30.0 Å². The zero-order valence-electron chi connectivity index (χ0n) is 10.6. The fourth-order valence-corrected chi connectivity index (χ4v) is 2.36. The van der Waals surface area contributed by atoms with Crippen molar-refractivity contribution in [3.63, 3.8) is 0 Å². The molecule has 1 aliphatic rings. The molecule has 6 nitrogen and oxygen atoms in total. The highest BCUT2D eigenvalue weighted by Crippen LogP contribution is 2.31. The summed E-state index contributed by atoms with van der Waals surface area (Å²) in [6.07, 6.45) is 2.99. The highest BCUT2D eigenvalue weighted by molar-refractivity contribution is 5.96. The van der Waals surface area contributed by atoms with E-state index in [9.17, 15) is 4.79 Å². The number of nitrogens with two attached hydrogens (primary N) is 2. The summed E-state index contributed by atoms with van der Waals surface area (Å²) in [5, 5.41) is 0. The number of imidazole rings is 1. The number of carbonyl (C=O) groups is 1. The lowest BCUT2D eigenvalue weighted by Crippen LogP contribution is -2.30. The monoisotopic (exact) mass is 257 g/mol. The van der Waals surface area contributed by atoms with Crippen LogP contribution in [0.5, 0.6) is 0 Å². The molecule has 0 bridgehead atoms.